The topological polar surface area (TPSA) is 86.7 Å². The van der Waals surface area contributed by atoms with Crippen LogP contribution in [0.5, 0.6) is 0 Å². The summed E-state index contributed by atoms with van der Waals surface area (Å²) in [6, 6.07) is 0. The molecule has 0 aromatic rings. The molecular formula is C5H11NaO6S4. The summed E-state index contributed by atoms with van der Waals surface area (Å²) in [6.45, 7) is 2.84. The molecule has 1 atom stereocenters. The van der Waals surface area contributed by atoms with Crippen LogP contribution >= 0.6 is 25.5 Å². The maximum atomic E-state index is 11.3. The van der Waals surface area contributed by atoms with E-state index in [2.05, 4.69) is 39.9 Å². The first-order valence-electron chi connectivity index (χ1n) is 3.50. The van der Waals surface area contributed by atoms with Crippen LogP contribution in [0.4, 0.5) is 0 Å². The molecule has 0 aromatic carbocycles. The molecule has 0 amide bonds. The second-order valence-electron chi connectivity index (χ2n) is 2.21. The molecule has 0 bridgehead atoms. The molecule has 0 aliphatic carbocycles. The molecule has 1 unspecified atom stereocenters. The maximum absolute atomic E-state index is 11.3. The van der Waals surface area contributed by atoms with Crippen LogP contribution < -0.4 is 0 Å². The summed E-state index contributed by atoms with van der Waals surface area (Å²) in [6.07, 6.45) is 0.680. The molecule has 0 saturated heterocycles. The fraction of sp³-hybridized carbons (Fsp3) is 0.600. The van der Waals surface area contributed by atoms with Gasteiger partial charge in [0.2, 0.25) is 4.58 Å². The number of hydrogen-bond donors (Lipinski definition) is 2. The molecule has 0 N–H and O–H groups in total. The molecule has 16 heavy (non-hydrogen) atoms. The van der Waals surface area contributed by atoms with Gasteiger partial charge in [0, 0.05) is 5.75 Å². The van der Waals surface area contributed by atoms with Gasteiger partial charge in [-0.15, -0.1) is 6.58 Å². The Kier molecular flexibility index (Phi) is 10.3. The molecular weight excluding hydrogens is 307 g/mol. The Hall–Kier alpha value is 1.26. The third-order valence-corrected chi connectivity index (χ3v) is 5.65. The summed E-state index contributed by atoms with van der Waals surface area (Å²) in [5.74, 6) is 0.130. The van der Waals surface area contributed by atoms with E-state index in [0.717, 1.165) is 0 Å². The predicted molar refractivity (Wildman–Crippen MR) is 68.8 cm³/mol. The molecule has 0 aliphatic heterocycles. The Balaban J connectivity index is 0. The quantitative estimate of drug-likeness (QED) is 0.213. The molecule has 0 aliphatic rings. The zero-order valence-electron chi connectivity index (χ0n) is 7.44. The fourth-order valence-electron chi connectivity index (χ4n) is 0.643. The minimum atomic E-state index is -4.39. The number of hydrogen-bond acceptors (Lipinski definition) is 8. The van der Waals surface area contributed by atoms with E-state index in [1.807, 2.05) is 0 Å². The molecule has 0 rings (SSSR count). The van der Waals surface area contributed by atoms with Gasteiger partial charge in [-0.1, -0.05) is 6.08 Å². The molecule has 11 heteroatoms. The van der Waals surface area contributed by atoms with Crippen LogP contribution in [0.15, 0.2) is 12.7 Å². The van der Waals surface area contributed by atoms with Gasteiger partial charge in [-0.2, -0.15) is 33.1 Å². The van der Waals surface area contributed by atoms with Gasteiger partial charge in [0.1, 0.15) is 0 Å². The zero-order valence-corrected chi connectivity index (χ0v) is 10.9. The number of thiol groups is 2. The van der Waals surface area contributed by atoms with E-state index >= 15 is 0 Å². The average molecular weight is 318 g/mol. The van der Waals surface area contributed by atoms with E-state index in [4.69, 9.17) is 0 Å². The molecule has 0 aromatic heterocycles. The molecule has 0 saturated carbocycles. The normalized spacial score (nSPS) is 13.9. The Morgan fingerprint density at radius 2 is 1.75 bits per heavy atom. The summed E-state index contributed by atoms with van der Waals surface area (Å²) in [5, 5.41) is 0. The van der Waals surface area contributed by atoms with E-state index in [0.29, 0.717) is 6.08 Å². The summed E-state index contributed by atoms with van der Waals surface area (Å²) in [4.78, 5) is 0. The van der Waals surface area contributed by atoms with Crippen LogP contribution in [0.2, 0.25) is 0 Å². The van der Waals surface area contributed by atoms with E-state index in [1.54, 1.807) is 0 Å². The molecule has 92 valence electrons. The monoisotopic (exact) mass is 318 g/mol. The Labute approximate surface area is 128 Å². The van der Waals surface area contributed by atoms with Gasteiger partial charge >= 0.3 is 39.7 Å². The van der Waals surface area contributed by atoms with Crippen LogP contribution in [0.3, 0.4) is 0 Å². The first-order valence-corrected chi connectivity index (χ1v) is 7.44. The molecule has 6 nitrogen and oxygen atoms in total. The second-order valence-corrected chi connectivity index (χ2v) is 6.77. The molecule has 0 radical (unpaired) electrons. The fourth-order valence-corrected chi connectivity index (χ4v) is 3.76. The van der Waals surface area contributed by atoms with Crippen molar-refractivity contribution in [2.45, 2.75) is 4.58 Å². The van der Waals surface area contributed by atoms with Gasteiger partial charge in [0.05, 0.1) is 6.61 Å². The van der Waals surface area contributed by atoms with Crippen molar-refractivity contribution in [2.24, 2.45) is 0 Å². The van der Waals surface area contributed by atoms with Crippen molar-refractivity contribution in [2.75, 3.05) is 12.4 Å². The van der Waals surface area contributed by atoms with E-state index in [-0.39, 0.29) is 41.9 Å². The van der Waals surface area contributed by atoms with E-state index in [9.17, 15) is 16.8 Å². The molecule has 0 heterocycles. The minimum absolute atomic E-state index is 0. The van der Waals surface area contributed by atoms with Gasteiger partial charge in [-0.25, -0.2) is 0 Å². The van der Waals surface area contributed by atoms with Crippen molar-refractivity contribution in [3.8, 4) is 0 Å². The van der Waals surface area contributed by atoms with Crippen LogP contribution in [0.1, 0.15) is 0 Å². The Morgan fingerprint density at radius 3 is 2.06 bits per heavy atom. The SMILES string of the molecule is C=CC(S(=O)(=O)OS)S(=O)(=O)OCCS.[NaH]. The summed E-state index contributed by atoms with van der Waals surface area (Å²) in [5.41, 5.74) is 0. The van der Waals surface area contributed by atoms with Crippen molar-refractivity contribution in [1.82, 2.24) is 0 Å². The first kappa shape index (κ1) is 19.6. The summed E-state index contributed by atoms with van der Waals surface area (Å²) in [7, 11) is -8.72. The van der Waals surface area contributed by atoms with Gasteiger partial charge < -0.3 is 0 Å². The molecule has 0 spiro atoms. The standard InChI is InChI=1S/C5H10O6S4.Na.H/c1-2-5(15(8,9)11-13)14(6,7)10-3-4-12;;/h2,5,12-13H,1,3-4H2;;. The van der Waals surface area contributed by atoms with Crippen LogP contribution in [0, 0.1) is 0 Å². The van der Waals surface area contributed by atoms with Crippen molar-refractivity contribution in [3.05, 3.63) is 12.7 Å². The van der Waals surface area contributed by atoms with Gasteiger partial charge in [-0.3, -0.25) is 4.18 Å². The third-order valence-electron chi connectivity index (χ3n) is 1.20. The summed E-state index contributed by atoms with van der Waals surface area (Å²) < 4.78 is 50.9. The first-order chi connectivity index (χ1) is 6.81. The van der Waals surface area contributed by atoms with Crippen LogP contribution in [-0.2, 0) is 28.0 Å². The van der Waals surface area contributed by atoms with Crippen molar-refractivity contribution in [1.29, 1.82) is 0 Å². The van der Waals surface area contributed by atoms with Gasteiger partial charge in [-0.05, 0) is 12.9 Å². The van der Waals surface area contributed by atoms with E-state index in [1.165, 1.54) is 0 Å². The van der Waals surface area contributed by atoms with Gasteiger partial charge in [0.15, 0.2) is 0 Å². The zero-order chi connectivity index (χ0) is 12.1. The third kappa shape index (κ3) is 5.74. The number of rotatable bonds is 7. The van der Waals surface area contributed by atoms with Gasteiger partial charge in [0.25, 0.3) is 10.1 Å². The van der Waals surface area contributed by atoms with Crippen molar-refractivity contribution in [3.63, 3.8) is 0 Å². The van der Waals surface area contributed by atoms with Crippen LogP contribution in [0.25, 0.3) is 0 Å². The Bertz CT molecular complexity index is 401. The second kappa shape index (κ2) is 8.38. The average Bonchev–Trinajstić information content (AvgIpc) is 2.15. The van der Waals surface area contributed by atoms with Crippen molar-refractivity contribution >= 4 is 75.3 Å². The van der Waals surface area contributed by atoms with Crippen LogP contribution in [-0.4, -0.2) is 63.3 Å². The summed E-state index contributed by atoms with van der Waals surface area (Å²) >= 11 is 6.76. The molecule has 0 fully saturated rings. The van der Waals surface area contributed by atoms with E-state index < -0.39 is 24.8 Å². The van der Waals surface area contributed by atoms with Crippen molar-refractivity contribution < 1.29 is 24.6 Å². The Morgan fingerprint density at radius 1 is 1.25 bits per heavy atom. The predicted octanol–water partition coefficient (Wildman–Crippen LogP) is -0.683.